The monoisotopic (exact) mass is 299 g/mol. The number of anilines is 1. The van der Waals surface area contributed by atoms with Gasteiger partial charge in [0.15, 0.2) is 11.6 Å². The van der Waals surface area contributed by atoms with Crippen LogP contribution < -0.4 is 15.4 Å². The van der Waals surface area contributed by atoms with Gasteiger partial charge in [-0.05, 0) is 20.8 Å². The lowest BCUT2D eigenvalue weighted by Gasteiger charge is -2.20. The second kappa shape index (κ2) is 6.38. The van der Waals surface area contributed by atoms with E-state index in [9.17, 15) is 19.3 Å². The molecule has 0 saturated carbocycles. The second-order valence-corrected chi connectivity index (χ2v) is 5.41. The van der Waals surface area contributed by atoms with Crippen LogP contribution in [0.4, 0.5) is 15.8 Å². The maximum Gasteiger partial charge on any atom is 0.313 e. The number of carbonyl (C=O) groups is 1. The van der Waals surface area contributed by atoms with Crippen LogP contribution in [0.15, 0.2) is 12.1 Å². The normalized spacial score (nSPS) is 10.9. The molecule has 0 aliphatic rings. The molecule has 0 bridgehead atoms. The van der Waals surface area contributed by atoms with Crippen LogP contribution in [0.2, 0.25) is 0 Å². The summed E-state index contributed by atoms with van der Waals surface area (Å²) in [6.07, 6.45) is 0. The summed E-state index contributed by atoms with van der Waals surface area (Å²) in [6, 6.07) is 1.90. The van der Waals surface area contributed by atoms with Crippen LogP contribution in [0.5, 0.6) is 5.75 Å². The Balaban J connectivity index is 2.85. The summed E-state index contributed by atoms with van der Waals surface area (Å²) in [7, 11) is 1.25. The number of nitro groups is 1. The van der Waals surface area contributed by atoms with Gasteiger partial charge in [0.1, 0.15) is 0 Å². The molecule has 0 unspecified atom stereocenters. The summed E-state index contributed by atoms with van der Waals surface area (Å²) in [5.74, 6) is -1.23. The number of nitrogens with one attached hydrogen (secondary N) is 2. The standard InChI is InChI=1S/C13H18FN3O4/c1-13(2,3)16-12(18)7-15-9-6-11(21-4)10(17(19)20)5-8(9)14/h5-6,15H,7H2,1-4H3,(H,16,18). The Labute approximate surface area is 121 Å². The zero-order valence-electron chi connectivity index (χ0n) is 12.3. The van der Waals surface area contributed by atoms with E-state index in [0.29, 0.717) is 0 Å². The number of rotatable bonds is 5. The van der Waals surface area contributed by atoms with E-state index in [1.165, 1.54) is 7.11 Å². The Hall–Kier alpha value is -2.38. The molecule has 0 radical (unpaired) electrons. The summed E-state index contributed by atoms with van der Waals surface area (Å²) < 4.78 is 18.6. The first-order valence-electron chi connectivity index (χ1n) is 6.21. The number of nitro benzene ring substituents is 1. The van der Waals surface area contributed by atoms with E-state index in [1.54, 1.807) is 0 Å². The first-order chi connectivity index (χ1) is 9.64. The fourth-order valence-electron chi connectivity index (χ4n) is 1.62. The molecule has 2 N–H and O–H groups in total. The number of hydrogen-bond acceptors (Lipinski definition) is 5. The summed E-state index contributed by atoms with van der Waals surface area (Å²) in [6.45, 7) is 5.30. The van der Waals surface area contributed by atoms with E-state index >= 15 is 0 Å². The van der Waals surface area contributed by atoms with Gasteiger partial charge in [0, 0.05) is 11.6 Å². The molecule has 7 nitrogen and oxygen atoms in total. The predicted molar refractivity (Wildman–Crippen MR) is 76.0 cm³/mol. The lowest BCUT2D eigenvalue weighted by atomic mass is 10.1. The smallest absolute Gasteiger partial charge is 0.313 e. The van der Waals surface area contributed by atoms with Crippen LogP contribution in [0, 0.1) is 15.9 Å². The molecular formula is C13H18FN3O4. The number of nitrogens with zero attached hydrogens (tertiary/aromatic N) is 1. The SMILES string of the molecule is COc1cc(NCC(=O)NC(C)(C)C)c(F)cc1[N+](=O)[O-]. The number of amides is 1. The maximum absolute atomic E-state index is 13.8. The Morgan fingerprint density at radius 3 is 2.52 bits per heavy atom. The highest BCUT2D eigenvalue weighted by Crippen LogP contribution is 2.32. The summed E-state index contributed by atoms with van der Waals surface area (Å²) in [5.41, 5.74) is -0.911. The molecule has 1 rings (SSSR count). The van der Waals surface area contributed by atoms with Gasteiger partial charge < -0.3 is 15.4 Å². The van der Waals surface area contributed by atoms with Crippen molar-refractivity contribution in [2.45, 2.75) is 26.3 Å². The Morgan fingerprint density at radius 2 is 2.05 bits per heavy atom. The molecule has 0 aliphatic carbocycles. The fraction of sp³-hybridized carbons (Fsp3) is 0.462. The van der Waals surface area contributed by atoms with Crippen molar-refractivity contribution in [3.05, 3.63) is 28.1 Å². The first kappa shape index (κ1) is 16.7. The van der Waals surface area contributed by atoms with E-state index in [4.69, 9.17) is 4.74 Å². The minimum absolute atomic E-state index is 0.0403. The molecule has 8 heteroatoms. The third-order valence-electron chi connectivity index (χ3n) is 2.42. The van der Waals surface area contributed by atoms with Crippen LogP contribution in [0.3, 0.4) is 0 Å². The maximum atomic E-state index is 13.8. The highest BCUT2D eigenvalue weighted by molar-refractivity contribution is 5.81. The van der Waals surface area contributed by atoms with Crippen molar-refractivity contribution in [2.75, 3.05) is 19.0 Å². The Kier molecular flexibility index (Phi) is 5.07. The van der Waals surface area contributed by atoms with Gasteiger partial charge in [0.25, 0.3) is 0 Å². The van der Waals surface area contributed by atoms with E-state index in [0.717, 1.165) is 12.1 Å². The van der Waals surface area contributed by atoms with Gasteiger partial charge in [-0.2, -0.15) is 0 Å². The van der Waals surface area contributed by atoms with Crippen LogP contribution in [-0.2, 0) is 4.79 Å². The van der Waals surface area contributed by atoms with Gasteiger partial charge in [-0.25, -0.2) is 4.39 Å². The van der Waals surface area contributed by atoms with Gasteiger partial charge in [-0.1, -0.05) is 0 Å². The molecule has 1 aromatic rings. The van der Waals surface area contributed by atoms with Crippen molar-refractivity contribution in [2.24, 2.45) is 0 Å². The highest BCUT2D eigenvalue weighted by Gasteiger charge is 2.20. The Morgan fingerprint density at radius 1 is 1.43 bits per heavy atom. The lowest BCUT2D eigenvalue weighted by Crippen LogP contribution is -2.43. The number of ether oxygens (including phenoxy) is 1. The van der Waals surface area contributed by atoms with Gasteiger partial charge in [0.2, 0.25) is 5.91 Å². The van der Waals surface area contributed by atoms with Crippen molar-refractivity contribution >= 4 is 17.3 Å². The quantitative estimate of drug-likeness (QED) is 0.641. The molecule has 116 valence electrons. The molecule has 0 aliphatic heterocycles. The largest absolute Gasteiger partial charge is 0.490 e. The zero-order chi connectivity index (χ0) is 16.2. The van der Waals surface area contributed by atoms with Gasteiger partial charge in [-0.3, -0.25) is 14.9 Å². The average molecular weight is 299 g/mol. The van der Waals surface area contributed by atoms with E-state index in [2.05, 4.69) is 10.6 Å². The second-order valence-electron chi connectivity index (χ2n) is 5.41. The molecular weight excluding hydrogens is 281 g/mol. The number of methoxy groups -OCH3 is 1. The predicted octanol–water partition coefficient (Wildman–Crippen LogP) is 2.07. The molecule has 1 aromatic carbocycles. The van der Waals surface area contributed by atoms with Crippen molar-refractivity contribution in [3.63, 3.8) is 0 Å². The number of carbonyl (C=O) groups excluding carboxylic acids is 1. The third-order valence-corrected chi connectivity index (χ3v) is 2.42. The van der Waals surface area contributed by atoms with Crippen molar-refractivity contribution in [3.8, 4) is 5.75 Å². The van der Waals surface area contributed by atoms with Gasteiger partial charge in [-0.15, -0.1) is 0 Å². The molecule has 1 amide bonds. The van der Waals surface area contributed by atoms with E-state index in [1.807, 2.05) is 20.8 Å². The minimum Gasteiger partial charge on any atom is -0.490 e. The molecule has 0 atom stereocenters. The summed E-state index contributed by atoms with van der Waals surface area (Å²) in [5, 5.41) is 16.0. The molecule has 0 heterocycles. The molecule has 0 spiro atoms. The van der Waals surface area contributed by atoms with Gasteiger partial charge >= 0.3 is 5.69 Å². The summed E-state index contributed by atoms with van der Waals surface area (Å²) in [4.78, 5) is 21.6. The fourth-order valence-corrected chi connectivity index (χ4v) is 1.62. The van der Waals surface area contributed by atoms with E-state index in [-0.39, 0.29) is 23.9 Å². The average Bonchev–Trinajstić information content (AvgIpc) is 2.34. The van der Waals surface area contributed by atoms with Crippen LogP contribution >= 0.6 is 0 Å². The van der Waals surface area contributed by atoms with Crippen LogP contribution in [0.1, 0.15) is 20.8 Å². The zero-order valence-corrected chi connectivity index (χ0v) is 12.3. The van der Waals surface area contributed by atoms with Crippen molar-refractivity contribution in [1.29, 1.82) is 0 Å². The van der Waals surface area contributed by atoms with Gasteiger partial charge in [0.05, 0.1) is 30.3 Å². The lowest BCUT2D eigenvalue weighted by molar-refractivity contribution is -0.385. The van der Waals surface area contributed by atoms with E-state index < -0.39 is 22.0 Å². The van der Waals surface area contributed by atoms with Crippen molar-refractivity contribution < 1.29 is 18.8 Å². The van der Waals surface area contributed by atoms with Crippen LogP contribution in [-0.4, -0.2) is 30.0 Å². The molecule has 0 fully saturated rings. The first-order valence-corrected chi connectivity index (χ1v) is 6.21. The minimum atomic E-state index is -0.828. The topological polar surface area (TPSA) is 93.5 Å². The van der Waals surface area contributed by atoms with Crippen molar-refractivity contribution in [1.82, 2.24) is 5.32 Å². The molecule has 0 saturated heterocycles. The number of hydrogen-bond donors (Lipinski definition) is 2. The molecule has 0 aromatic heterocycles. The number of benzene rings is 1. The molecule has 21 heavy (non-hydrogen) atoms. The Bertz CT molecular complexity index is 555. The number of halogens is 1. The highest BCUT2D eigenvalue weighted by atomic mass is 19.1. The third kappa shape index (κ3) is 4.90. The van der Waals surface area contributed by atoms with Crippen LogP contribution in [0.25, 0.3) is 0 Å². The summed E-state index contributed by atoms with van der Waals surface area (Å²) >= 11 is 0.